The predicted molar refractivity (Wildman–Crippen MR) is 73.8 cm³/mol. The molecule has 0 bridgehead atoms. The molecule has 1 aromatic heterocycles. The second kappa shape index (κ2) is 4.80. The summed E-state index contributed by atoms with van der Waals surface area (Å²) in [5.74, 6) is 0.714. The van der Waals surface area contributed by atoms with E-state index in [0.29, 0.717) is 17.9 Å². The molecular weight excluding hydrogens is 238 g/mol. The Balaban J connectivity index is 1.91. The molecule has 0 saturated heterocycles. The van der Waals surface area contributed by atoms with Crippen LogP contribution in [-0.2, 0) is 6.42 Å². The molecule has 96 valence electrons. The number of hydrogen-bond donors (Lipinski definition) is 1. The minimum Gasteiger partial charge on any atom is -0.324 e. The zero-order valence-electron chi connectivity index (χ0n) is 10.8. The van der Waals surface area contributed by atoms with E-state index in [4.69, 9.17) is 0 Å². The number of para-hydroxylation sites is 1. The number of aromatic nitrogens is 2. The quantitative estimate of drug-likeness (QED) is 0.893. The number of rotatable bonds is 2. The summed E-state index contributed by atoms with van der Waals surface area (Å²) < 4.78 is 0. The first-order chi connectivity index (χ1) is 9.24. The van der Waals surface area contributed by atoms with Gasteiger partial charge in [0.25, 0.3) is 0 Å². The number of hydrogen-bond acceptors (Lipinski definition) is 4. The summed E-state index contributed by atoms with van der Waals surface area (Å²) in [6.07, 6.45) is 3.99. The number of nitrogens with zero attached hydrogens (tertiary/aromatic N) is 2. The standard InChI is InChI=1S/C15H15N3O/c1-10-5-2-3-6-12(10)17-15-16-9-11-13(18-15)7-4-8-14(11)19/h2-3,5-6,9H,4,7-8H2,1H3,(H,16,17,18). The number of Topliss-reactive ketones (excluding diaryl/α,β-unsaturated/α-hetero) is 1. The van der Waals surface area contributed by atoms with E-state index in [2.05, 4.69) is 15.3 Å². The third-order valence-corrected chi connectivity index (χ3v) is 3.38. The summed E-state index contributed by atoms with van der Waals surface area (Å²) in [4.78, 5) is 20.4. The predicted octanol–water partition coefficient (Wildman–Crippen LogP) is 3.05. The van der Waals surface area contributed by atoms with Gasteiger partial charge in [-0.15, -0.1) is 0 Å². The largest absolute Gasteiger partial charge is 0.324 e. The summed E-state index contributed by atoms with van der Waals surface area (Å²) in [6.45, 7) is 2.03. The molecule has 1 aliphatic carbocycles. The van der Waals surface area contributed by atoms with Crippen molar-refractivity contribution in [2.75, 3.05) is 5.32 Å². The second-order valence-corrected chi connectivity index (χ2v) is 4.77. The fourth-order valence-electron chi connectivity index (χ4n) is 2.29. The van der Waals surface area contributed by atoms with Crippen LogP contribution in [0.1, 0.15) is 34.5 Å². The number of ketones is 1. The first-order valence-electron chi connectivity index (χ1n) is 6.46. The lowest BCUT2D eigenvalue weighted by Gasteiger charge is -2.14. The van der Waals surface area contributed by atoms with Crippen molar-refractivity contribution in [1.82, 2.24) is 9.97 Å². The monoisotopic (exact) mass is 253 g/mol. The molecule has 0 amide bonds. The van der Waals surface area contributed by atoms with E-state index in [1.807, 2.05) is 31.2 Å². The third-order valence-electron chi connectivity index (χ3n) is 3.38. The van der Waals surface area contributed by atoms with E-state index >= 15 is 0 Å². The molecule has 0 spiro atoms. The van der Waals surface area contributed by atoms with Gasteiger partial charge in [-0.3, -0.25) is 4.79 Å². The van der Waals surface area contributed by atoms with Gasteiger partial charge in [0.1, 0.15) is 0 Å². The number of carbonyl (C=O) groups is 1. The summed E-state index contributed by atoms with van der Waals surface area (Å²) >= 11 is 0. The Morgan fingerprint density at radius 2 is 2.05 bits per heavy atom. The summed E-state index contributed by atoms with van der Waals surface area (Å²) in [5.41, 5.74) is 3.67. The summed E-state index contributed by atoms with van der Waals surface area (Å²) in [5, 5.41) is 3.20. The molecule has 3 rings (SSSR count). The molecule has 4 nitrogen and oxygen atoms in total. The number of benzene rings is 1. The van der Waals surface area contributed by atoms with Gasteiger partial charge >= 0.3 is 0 Å². The maximum Gasteiger partial charge on any atom is 0.227 e. The van der Waals surface area contributed by atoms with Crippen LogP contribution in [0.4, 0.5) is 11.6 Å². The van der Waals surface area contributed by atoms with Crippen LogP contribution >= 0.6 is 0 Å². The first-order valence-corrected chi connectivity index (χ1v) is 6.46. The molecule has 4 heteroatoms. The summed E-state index contributed by atoms with van der Waals surface area (Å²) in [7, 11) is 0. The van der Waals surface area contributed by atoms with Gasteiger partial charge in [0.15, 0.2) is 5.78 Å². The molecule has 2 aromatic rings. The van der Waals surface area contributed by atoms with Crippen LogP contribution in [0.3, 0.4) is 0 Å². The fourth-order valence-corrected chi connectivity index (χ4v) is 2.29. The topological polar surface area (TPSA) is 54.9 Å². The van der Waals surface area contributed by atoms with E-state index in [1.54, 1.807) is 6.20 Å². The van der Waals surface area contributed by atoms with Gasteiger partial charge < -0.3 is 5.32 Å². The van der Waals surface area contributed by atoms with Crippen LogP contribution in [0.15, 0.2) is 30.5 Å². The highest BCUT2D eigenvalue weighted by Gasteiger charge is 2.19. The van der Waals surface area contributed by atoms with Gasteiger partial charge in [-0.05, 0) is 31.4 Å². The van der Waals surface area contributed by atoms with Gasteiger partial charge in [0, 0.05) is 18.3 Å². The lowest BCUT2D eigenvalue weighted by molar-refractivity contribution is 0.0971. The van der Waals surface area contributed by atoms with Gasteiger partial charge in [-0.2, -0.15) is 0 Å². The van der Waals surface area contributed by atoms with Crippen LogP contribution < -0.4 is 5.32 Å². The van der Waals surface area contributed by atoms with Crippen LogP contribution in [0, 0.1) is 6.92 Å². The Kier molecular flexibility index (Phi) is 2.99. The Morgan fingerprint density at radius 3 is 2.89 bits per heavy atom. The highest BCUT2D eigenvalue weighted by molar-refractivity contribution is 5.97. The SMILES string of the molecule is Cc1ccccc1Nc1ncc2c(n1)CCCC2=O. The van der Waals surface area contributed by atoms with Crippen molar-refractivity contribution in [2.45, 2.75) is 26.2 Å². The fraction of sp³-hybridized carbons (Fsp3) is 0.267. The Morgan fingerprint density at radius 1 is 1.21 bits per heavy atom. The number of aryl methyl sites for hydroxylation is 2. The number of nitrogens with one attached hydrogen (secondary N) is 1. The molecule has 1 aliphatic rings. The molecule has 1 N–H and O–H groups in total. The van der Waals surface area contributed by atoms with Crippen molar-refractivity contribution >= 4 is 17.4 Å². The van der Waals surface area contributed by atoms with Crippen molar-refractivity contribution in [3.05, 3.63) is 47.3 Å². The molecule has 0 saturated carbocycles. The van der Waals surface area contributed by atoms with Crippen molar-refractivity contribution in [3.63, 3.8) is 0 Å². The minimum absolute atomic E-state index is 0.156. The molecule has 0 atom stereocenters. The average molecular weight is 253 g/mol. The molecule has 0 aliphatic heterocycles. The van der Waals surface area contributed by atoms with Crippen molar-refractivity contribution in [1.29, 1.82) is 0 Å². The molecule has 0 radical (unpaired) electrons. The molecular formula is C15H15N3O. The van der Waals surface area contributed by atoms with Crippen molar-refractivity contribution in [3.8, 4) is 0 Å². The Bertz CT molecular complexity index is 637. The Hall–Kier alpha value is -2.23. The van der Waals surface area contributed by atoms with Crippen LogP contribution in [0.5, 0.6) is 0 Å². The summed E-state index contributed by atoms with van der Waals surface area (Å²) in [6, 6.07) is 7.98. The van der Waals surface area contributed by atoms with Crippen molar-refractivity contribution < 1.29 is 4.79 Å². The van der Waals surface area contributed by atoms with Crippen molar-refractivity contribution in [2.24, 2.45) is 0 Å². The number of fused-ring (bicyclic) bond motifs is 1. The zero-order valence-corrected chi connectivity index (χ0v) is 10.8. The first kappa shape index (κ1) is 11.8. The molecule has 0 fully saturated rings. The van der Waals surface area contributed by atoms with E-state index in [1.165, 1.54) is 0 Å². The maximum absolute atomic E-state index is 11.7. The smallest absolute Gasteiger partial charge is 0.227 e. The lowest BCUT2D eigenvalue weighted by atomic mass is 9.96. The van der Waals surface area contributed by atoms with E-state index in [-0.39, 0.29) is 5.78 Å². The minimum atomic E-state index is 0.156. The normalized spacial score (nSPS) is 14.1. The van der Waals surface area contributed by atoms with Crippen LogP contribution in [0.25, 0.3) is 0 Å². The maximum atomic E-state index is 11.7. The Labute approximate surface area is 111 Å². The van der Waals surface area contributed by atoms with E-state index in [0.717, 1.165) is 29.8 Å². The second-order valence-electron chi connectivity index (χ2n) is 4.77. The van der Waals surface area contributed by atoms with Crippen LogP contribution in [-0.4, -0.2) is 15.8 Å². The van der Waals surface area contributed by atoms with Gasteiger partial charge in [-0.25, -0.2) is 9.97 Å². The molecule has 19 heavy (non-hydrogen) atoms. The van der Waals surface area contributed by atoms with E-state index < -0.39 is 0 Å². The molecule has 1 heterocycles. The number of carbonyl (C=O) groups excluding carboxylic acids is 1. The number of anilines is 2. The van der Waals surface area contributed by atoms with Gasteiger partial charge in [-0.1, -0.05) is 18.2 Å². The molecule has 0 unspecified atom stereocenters. The lowest BCUT2D eigenvalue weighted by Crippen LogP contribution is -2.14. The highest BCUT2D eigenvalue weighted by Crippen LogP contribution is 2.22. The van der Waals surface area contributed by atoms with Gasteiger partial charge in [0.05, 0.1) is 11.3 Å². The molecule has 1 aromatic carbocycles. The van der Waals surface area contributed by atoms with Crippen LogP contribution in [0.2, 0.25) is 0 Å². The van der Waals surface area contributed by atoms with E-state index in [9.17, 15) is 4.79 Å². The highest BCUT2D eigenvalue weighted by atomic mass is 16.1. The third kappa shape index (κ3) is 2.34. The zero-order chi connectivity index (χ0) is 13.2. The average Bonchev–Trinajstić information content (AvgIpc) is 2.42. The van der Waals surface area contributed by atoms with Gasteiger partial charge in [0.2, 0.25) is 5.95 Å².